The highest BCUT2D eigenvalue weighted by Gasteiger charge is 2.57. The molecule has 4 aromatic rings. The number of hydrogen-bond donors (Lipinski definition) is 2. The number of aryl methyl sites for hydroxylation is 1. The second-order valence-corrected chi connectivity index (χ2v) is 7.74. The van der Waals surface area contributed by atoms with Gasteiger partial charge in [0.25, 0.3) is 5.89 Å². The summed E-state index contributed by atoms with van der Waals surface area (Å²) in [5.41, 5.74) is -0.943. The summed E-state index contributed by atoms with van der Waals surface area (Å²) in [5, 5.41) is 20.2. The molecule has 0 aliphatic heterocycles. The predicted molar refractivity (Wildman–Crippen MR) is 114 cm³/mol. The molecule has 0 aliphatic carbocycles. The summed E-state index contributed by atoms with van der Waals surface area (Å²) in [6, 6.07) is 10.1. The van der Waals surface area contributed by atoms with Crippen LogP contribution in [0.15, 0.2) is 56.1 Å². The summed E-state index contributed by atoms with van der Waals surface area (Å²) < 4.78 is 63.3. The highest BCUT2D eigenvalue weighted by atomic mass is 19.4. The van der Waals surface area contributed by atoms with E-state index >= 15 is 0 Å². The molecule has 34 heavy (non-hydrogen) atoms. The summed E-state index contributed by atoms with van der Waals surface area (Å²) in [6.07, 6.45) is -5.68. The molecule has 1 unspecified atom stereocenters. The lowest BCUT2D eigenvalue weighted by atomic mass is 9.98. The van der Waals surface area contributed by atoms with Gasteiger partial charge in [-0.2, -0.15) is 13.2 Å². The van der Waals surface area contributed by atoms with Gasteiger partial charge < -0.3 is 19.3 Å². The van der Waals surface area contributed by atoms with Gasteiger partial charge in [0.05, 0.1) is 0 Å². The highest BCUT2D eigenvalue weighted by molar-refractivity contribution is 5.94. The van der Waals surface area contributed by atoms with Crippen LogP contribution >= 0.6 is 0 Å². The molecule has 0 aliphatic rings. The molecule has 178 valence electrons. The van der Waals surface area contributed by atoms with Crippen LogP contribution in [-0.4, -0.2) is 21.5 Å². The topological polar surface area (TPSA) is 101 Å². The standard InChI is InChI=1S/C23H19F4N3O4/c1-3-22(32,23(25,26)27)20-29-30-21(34-20)28-11-14-9-18-17(8-12(14)2)16(10-19(31)33-18)13-4-6-15(24)7-5-13/h4-10,32H,3,11H2,1-2H3,(H,28,30). The van der Waals surface area contributed by atoms with Gasteiger partial charge in [-0.05, 0) is 59.9 Å². The number of benzene rings is 2. The van der Waals surface area contributed by atoms with Gasteiger partial charge >= 0.3 is 17.8 Å². The molecule has 0 radical (unpaired) electrons. The van der Waals surface area contributed by atoms with Crippen molar-refractivity contribution in [2.75, 3.05) is 5.32 Å². The van der Waals surface area contributed by atoms with E-state index in [1.165, 1.54) is 18.2 Å². The van der Waals surface area contributed by atoms with E-state index in [-0.39, 0.29) is 18.1 Å². The third-order valence-electron chi connectivity index (χ3n) is 5.55. The Morgan fingerprint density at radius 1 is 1.06 bits per heavy atom. The van der Waals surface area contributed by atoms with E-state index in [4.69, 9.17) is 8.83 Å². The first kappa shape index (κ1) is 23.4. The van der Waals surface area contributed by atoms with Gasteiger partial charge in [-0.25, -0.2) is 9.18 Å². The summed E-state index contributed by atoms with van der Waals surface area (Å²) in [4.78, 5) is 12.1. The Morgan fingerprint density at radius 2 is 1.76 bits per heavy atom. The Bertz CT molecular complexity index is 1400. The molecule has 2 aromatic heterocycles. The van der Waals surface area contributed by atoms with Gasteiger partial charge in [0.15, 0.2) is 0 Å². The van der Waals surface area contributed by atoms with Crippen molar-refractivity contribution in [3.8, 4) is 11.1 Å². The lowest BCUT2D eigenvalue weighted by molar-refractivity contribution is -0.275. The number of nitrogens with zero attached hydrogens (tertiary/aromatic N) is 2. The first-order valence-electron chi connectivity index (χ1n) is 10.2. The van der Waals surface area contributed by atoms with Gasteiger partial charge in [-0.15, -0.1) is 5.10 Å². The van der Waals surface area contributed by atoms with Crippen LogP contribution in [0.5, 0.6) is 0 Å². The normalized spacial score (nSPS) is 13.7. The summed E-state index contributed by atoms with van der Waals surface area (Å²) in [7, 11) is 0. The fourth-order valence-corrected chi connectivity index (χ4v) is 3.52. The van der Waals surface area contributed by atoms with Crippen molar-refractivity contribution < 1.29 is 31.5 Å². The van der Waals surface area contributed by atoms with E-state index in [9.17, 15) is 27.5 Å². The fourth-order valence-electron chi connectivity index (χ4n) is 3.52. The molecule has 0 saturated heterocycles. The smallest absolute Gasteiger partial charge is 0.423 e. The van der Waals surface area contributed by atoms with Gasteiger partial charge in [-0.1, -0.05) is 24.2 Å². The number of aliphatic hydroxyl groups is 1. The Kier molecular flexibility index (Phi) is 5.90. The van der Waals surface area contributed by atoms with Crippen molar-refractivity contribution in [3.05, 3.63) is 75.7 Å². The van der Waals surface area contributed by atoms with Crippen LogP contribution < -0.4 is 10.9 Å². The summed E-state index contributed by atoms with van der Waals surface area (Å²) in [6.45, 7) is 3.01. The summed E-state index contributed by atoms with van der Waals surface area (Å²) >= 11 is 0. The molecule has 2 N–H and O–H groups in total. The Balaban J connectivity index is 1.63. The van der Waals surface area contributed by atoms with Gasteiger partial charge in [0, 0.05) is 18.0 Å². The maximum Gasteiger partial charge on any atom is 0.426 e. The highest BCUT2D eigenvalue weighted by Crippen LogP contribution is 2.41. The zero-order valence-electron chi connectivity index (χ0n) is 18.0. The summed E-state index contributed by atoms with van der Waals surface area (Å²) in [5.74, 6) is -1.37. The molecule has 0 spiro atoms. The Labute approximate surface area is 190 Å². The molecular weight excluding hydrogens is 458 g/mol. The number of anilines is 1. The predicted octanol–water partition coefficient (Wildman–Crippen LogP) is 5.06. The fraction of sp³-hybridized carbons (Fsp3) is 0.261. The number of hydrogen-bond acceptors (Lipinski definition) is 7. The average molecular weight is 477 g/mol. The van der Waals surface area contributed by atoms with Crippen LogP contribution in [0.2, 0.25) is 0 Å². The van der Waals surface area contributed by atoms with Crippen molar-refractivity contribution in [1.82, 2.24) is 10.2 Å². The third kappa shape index (κ3) is 4.26. The van der Waals surface area contributed by atoms with Crippen LogP contribution in [-0.2, 0) is 12.1 Å². The van der Waals surface area contributed by atoms with Gasteiger partial charge in [-0.3, -0.25) is 0 Å². The number of rotatable bonds is 6. The average Bonchev–Trinajstić information content (AvgIpc) is 3.26. The molecule has 0 bridgehead atoms. The van der Waals surface area contributed by atoms with Crippen LogP contribution in [0.3, 0.4) is 0 Å². The molecular formula is C23H19F4N3O4. The quantitative estimate of drug-likeness (QED) is 0.296. The maximum atomic E-state index is 13.3. The van der Waals surface area contributed by atoms with E-state index in [0.717, 1.165) is 12.5 Å². The minimum absolute atomic E-state index is 0.0600. The molecule has 1 atom stereocenters. The van der Waals surface area contributed by atoms with Crippen molar-refractivity contribution in [3.63, 3.8) is 0 Å². The Hall–Kier alpha value is -3.73. The number of alkyl halides is 3. The first-order chi connectivity index (χ1) is 16.0. The molecule has 7 nitrogen and oxygen atoms in total. The largest absolute Gasteiger partial charge is 0.426 e. The van der Waals surface area contributed by atoms with Gasteiger partial charge in [0.1, 0.15) is 11.4 Å². The minimum atomic E-state index is -4.99. The minimum Gasteiger partial charge on any atom is -0.423 e. The van der Waals surface area contributed by atoms with Crippen LogP contribution in [0.4, 0.5) is 23.6 Å². The zero-order valence-corrected chi connectivity index (χ0v) is 18.0. The Morgan fingerprint density at radius 3 is 2.41 bits per heavy atom. The lowest BCUT2D eigenvalue weighted by Gasteiger charge is -2.25. The first-order valence-corrected chi connectivity index (χ1v) is 10.2. The van der Waals surface area contributed by atoms with E-state index in [0.29, 0.717) is 22.1 Å². The number of aromatic nitrogens is 2. The number of fused-ring (bicyclic) bond motifs is 1. The molecule has 2 aromatic carbocycles. The number of nitrogens with one attached hydrogen (secondary N) is 1. The van der Waals surface area contributed by atoms with Crippen molar-refractivity contribution in [1.29, 1.82) is 0 Å². The van der Waals surface area contributed by atoms with E-state index in [2.05, 4.69) is 15.5 Å². The molecule has 4 rings (SSSR count). The monoisotopic (exact) mass is 477 g/mol. The van der Waals surface area contributed by atoms with Gasteiger partial charge in [0.2, 0.25) is 5.60 Å². The molecule has 0 fully saturated rings. The van der Waals surface area contributed by atoms with Crippen molar-refractivity contribution in [2.45, 2.75) is 38.6 Å². The van der Waals surface area contributed by atoms with Crippen LogP contribution in [0.25, 0.3) is 22.1 Å². The SMILES string of the molecule is CCC(O)(c1nnc(NCc2cc3oc(=O)cc(-c4ccc(F)cc4)c3cc2C)o1)C(F)(F)F. The zero-order chi connectivity index (χ0) is 24.7. The van der Waals surface area contributed by atoms with Crippen LogP contribution in [0.1, 0.15) is 30.4 Å². The number of halogens is 4. The van der Waals surface area contributed by atoms with E-state index in [1.54, 1.807) is 31.2 Å². The van der Waals surface area contributed by atoms with E-state index in [1.807, 2.05) is 0 Å². The van der Waals surface area contributed by atoms with Crippen LogP contribution in [0, 0.1) is 12.7 Å². The molecule has 2 heterocycles. The molecule has 11 heteroatoms. The molecule has 0 amide bonds. The lowest BCUT2D eigenvalue weighted by Crippen LogP contribution is -2.42. The third-order valence-corrected chi connectivity index (χ3v) is 5.55. The van der Waals surface area contributed by atoms with Crippen molar-refractivity contribution >= 4 is 17.0 Å². The van der Waals surface area contributed by atoms with E-state index < -0.39 is 35.5 Å². The second-order valence-electron chi connectivity index (χ2n) is 7.74. The second kappa shape index (κ2) is 8.56. The molecule has 0 saturated carbocycles. The maximum absolute atomic E-state index is 13.3. The van der Waals surface area contributed by atoms with Crippen molar-refractivity contribution in [2.24, 2.45) is 0 Å².